The van der Waals surface area contributed by atoms with Crippen molar-refractivity contribution in [2.75, 3.05) is 18.4 Å². The maximum absolute atomic E-state index is 11.1. The van der Waals surface area contributed by atoms with Gasteiger partial charge in [0, 0.05) is 24.8 Å². The zero-order chi connectivity index (χ0) is 14.1. The van der Waals surface area contributed by atoms with Gasteiger partial charge in [-0.05, 0) is 48.2 Å². The van der Waals surface area contributed by atoms with Crippen LogP contribution < -0.4 is 5.32 Å². The predicted octanol–water partition coefficient (Wildman–Crippen LogP) is 2.79. The topological polar surface area (TPSA) is 71.3 Å². The van der Waals surface area contributed by atoms with Crippen LogP contribution in [0.1, 0.15) is 25.7 Å². The van der Waals surface area contributed by atoms with E-state index >= 15 is 0 Å². The first-order chi connectivity index (χ1) is 9.65. The maximum atomic E-state index is 11.1. The molecule has 0 saturated carbocycles. The highest BCUT2D eigenvalue weighted by atomic mass is 79.9. The molecule has 7 heteroatoms. The van der Waals surface area contributed by atoms with Crippen LogP contribution in [0.5, 0.6) is 0 Å². The van der Waals surface area contributed by atoms with Crippen molar-refractivity contribution < 1.29 is 4.92 Å². The number of fused-ring (bicyclic) bond motifs is 1. The van der Waals surface area contributed by atoms with E-state index in [2.05, 4.69) is 31.1 Å². The summed E-state index contributed by atoms with van der Waals surface area (Å²) in [6.45, 7) is 2.29. The van der Waals surface area contributed by atoms with Gasteiger partial charge in [-0.25, -0.2) is 0 Å². The van der Waals surface area contributed by atoms with Gasteiger partial charge in [0.2, 0.25) is 0 Å². The van der Waals surface area contributed by atoms with E-state index in [1.807, 2.05) is 0 Å². The second-order valence-corrected chi connectivity index (χ2v) is 6.32. The molecule has 1 N–H and O–H groups in total. The molecule has 3 heterocycles. The number of nitrogens with one attached hydrogen (secondary N) is 1. The number of halogens is 1. The van der Waals surface area contributed by atoms with E-state index in [4.69, 9.17) is 0 Å². The lowest BCUT2D eigenvalue weighted by Crippen LogP contribution is -2.42. The van der Waals surface area contributed by atoms with Crippen LogP contribution in [0.4, 0.5) is 11.4 Å². The molecule has 1 aromatic heterocycles. The van der Waals surface area contributed by atoms with Crippen molar-refractivity contribution in [3.8, 4) is 0 Å². The van der Waals surface area contributed by atoms with Crippen LogP contribution in [0.25, 0.3) is 0 Å². The summed E-state index contributed by atoms with van der Waals surface area (Å²) in [4.78, 5) is 17.1. The Morgan fingerprint density at radius 3 is 3.05 bits per heavy atom. The molecule has 0 spiro atoms. The second kappa shape index (κ2) is 5.65. The normalized spacial score (nSPS) is 26.2. The van der Waals surface area contributed by atoms with Gasteiger partial charge in [0.15, 0.2) is 0 Å². The summed E-state index contributed by atoms with van der Waals surface area (Å²) in [6.07, 6.45) is 7.51. The average Bonchev–Trinajstić information content (AvgIpc) is 2.88. The SMILES string of the molecule is O=[N+]([O-])c1cncc(Br)c1NC1CCN2CCCC2C1. The third-order valence-electron chi connectivity index (χ3n) is 4.25. The lowest BCUT2D eigenvalue weighted by molar-refractivity contribution is -0.384. The van der Waals surface area contributed by atoms with Gasteiger partial charge in [0.1, 0.15) is 11.9 Å². The van der Waals surface area contributed by atoms with Crippen LogP contribution in [0.3, 0.4) is 0 Å². The maximum Gasteiger partial charge on any atom is 0.311 e. The Morgan fingerprint density at radius 1 is 1.40 bits per heavy atom. The Morgan fingerprint density at radius 2 is 2.25 bits per heavy atom. The Balaban J connectivity index is 1.76. The van der Waals surface area contributed by atoms with Crippen molar-refractivity contribution in [3.05, 3.63) is 27.0 Å². The molecule has 2 aliphatic rings. The molecule has 0 amide bonds. The molecule has 2 aliphatic heterocycles. The predicted molar refractivity (Wildman–Crippen MR) is 79.8 cm³/mol. The van der Waals surface area contributed by atoms with Crippen LogP contribution in [0.15, 0.2) is 16.9 Å². The average molecular weight is 341 g/mol. The quantitative estimate of drug-likeness (QED) is 0.676. The van der Waals surface area contributed by atoms with Gasteiger partial charge in [0.25, 0.3) is 0 Å². The monoisotopic (exact) mass is 340 g/mol. The van der Waals surface area contributed by atoms with E-state index in [-0.39, 0.29) is 10.6 Å². The smallest absolute Gasteiger partial charge is 0.311 e. The molecule has 20 heavy (non-hydrogen) atoms. The molecule has 6 nitrogen and oxygen atoms in total. The van der Waals surface area contributed by atoms with E-state index in [0.29, 0.717) is 22.2 Å². The highest BCUT2D eigenvalue weighted by molar-refractivity contribution is 9.10. The molecule has 2 unspecified atom stereocenters. The molecule has 108 valence electrons. The minimum absolute atomic E-state index is 0.0354. The van der Waals surface area contributed by atoms with E-state index in [1.54, 1.807) is 6.20 Å². The zero-order valence-corrected chi connectivity index (χ0v) is 12.7. The van der Waals surface area contributed by atoms with Crippen LogP contribution in [0, 0.1) is 10.1 Å². The summed E-state index contributed by atoms with van der Waals surface area (Å²) in [6, 6.07) is 0.938. The van der Waals surface area contributed by atoms with Crippen molar-refractivity contribution in [1.29, 1.82) is 0 Å². The fraction of sp³-hybridized carbons (Fsp3) is 0.615. The van der Waals surface area contributed by atoms with Crippen molar-refractivity contribution in [2.24, 2.45) is 0 Å². The minimum atomic E-state index is -0.384. The number of piperidine rings is 1. The molecule has 0 radical (unpaired) electrons. The largest absolute Gasteiger partial charge is 0.376 e. The molecule has 2 fully saturated rings. The van der Waals surface area contributed by atoms with Crippen molar-refractivity contribution in [3.63, 3.8) is 0 Å². The second-order valence-electron chi connectivity index (χ2n) is 5.47. The van der Waals surface area contributed by atoms with E-state index < -0.39 is 0 Å². The fourth-order valence-corrected chi connectivity index (χ4v) is 3.70. The standard InChI is InChI=1S/C13H17BrN4O2/c14-11-7-15-8-12(18(19)20)13(11)16-9-3-5-17-4-1-2-10(17)6-9/h7-10H,1-6H2,(H,15,16). The van der Waals surface area contributed by atoms with Gasteiger partial charge < -0.3 is 10.2 Å². The molecule has 1 aromatic rings. The van der Waals surface area contributed by atoms with E-state index in [0.717, 1.165) is 19.4 Å². The lowest BCUT2D eigenvalue weighted by Gasteiger charge is -2.35. The Bertz CT molecular complexity index is 525. The number of nitrogens with zero attached hydrogens (tertiary/aromatic N) is 3. The summed E-state index contributed by atoms with van der Waals surface area (Å²) in [5, 5.41) is 14.5. The first-order valence-corrected chi connectivity index (χ1v) is 7.73. The van der Waals surface area contributed by atoms with Gasteiger partial charge in [-0.1, -0.05) is 0 Å². The van der Waals surface area contributed by atoms with Crippen LogP contribution in [0.2, 0.25) is 0 Å². The molecular formula is C13H17BrN4O2. The third kappa shape index (κ3) is 2.64. The summed E-state index contributed by atoms with van der Waals surface area (Å²) in [5.74, 6) is 0. The van der Waals surface area contributed by atoms with Crippen LogP contribution in [-0.4, -0.2) is 40.0 Å². The van der Waals surface area contributed by atoms with Crippen molar-refractivity contribution in [1.82, 2.24) is 9.88 Å². The van der Waals surface area contributed by atoms with Gasteiger partial charge in [0.05, 0.1) is 9.40 Å². The Labute approximate surface area is 125 Å². The van der Waals surface area contributed by atoms with Gasteiger partial charge in [-0.2, -0.15) is 0 Å². The lowest BCUT2D eigenvalue weighted by atomic mass is 9.97. The summed E-state index contributed by atoms with van der Waals surface area (Å²) in [5.41, 5.74) is 0.592. The zero-order valence-electron chi connectivity index (χ0n) is 11.1. The summed E-state index contributed by atoms with van der Waals surface area (Å²) >= 11 is 3.36. The number of pyridine rings is 1. The van der Waals surface area contributed by atoms with E-state index in [1.165, 1.54) is 25.6 Å². The number of rotatable bonds is 3. The Hall–Kier alpha value is -1.21. The van der Waals surface area contributed by atoms with Crippen LogP contribution >= 0.6 is 15.9 Å². The number of hydrogen-bond donors (Lipinski definition) is 1. The molecule has 3 rings (SSSR count). The number of anilines is 1. The highest BCUT2D eigenvalue weighted by Gasteiger charge is 2.32. The number of hydrogen-bond acceptors (Lipinski definition) is 5. The number of nitro groups is 1. The van der Waals surface area contributed by atoms with Gasteiger partial charge in [-0.3, -0.25) is 15.1 Å². The third-order valence-corrected chi connectivity index (χ3v) is 4.85. The molecule has 0 bridgehead atoms. The minimum Gasteiger partial charge on any atom is -0.376 e. The summed E-state index contributed by atoms with van der Waals surface area (Å²) in [7, 11) is 0. The summed E-state index contributed by atoms with van der Waals surface area (Å²) < 4.78 is 0.653. The molecule has 0 aromatic carbocycles. The molecule has 2 saturated heterocycles. The molecule has 2 atom stereocenters. The first kappa shape index (κ1) is 13.8. The molecular weight excluding hydrogens is 324 g/mol. The van der Waals surface area contributed by atoms with Crippen LogP contribution in [-0.2, 0) is 0 Å². The van der Waals surface area contributed by atoms with E-state index in [9.17, 15) is 10.1 Å². The number of aromatic nitrogens is 1. The van der Waals surface area contributed by atoms with Crippen molar-refractivity contribution >= 4 is 27.3 Å². The first-order valence-electron chi connectivity index (χ1n) is 6.93. The van der Waals surface area contributed by atoms with Crippen molar-refractivity contribution in [2.45, 2.75) is 37.8 Å². The van der Waals surface area contributed by atoms with Gasteiger partial charge in [-0.15, -0.1) is 0 Å². The highest BCUT2D eigenvalue weighted by Crippen LogP contribution is 2.34. The fourth-order valence-electron chi connectivity index (χ4n) is 3.27. The molecule has 0 aliphatic carbocycles. The Kier molecular flexibility index (Phi) is 3.89. The van der Waals surface area contributed by atoms with Gasteiger partial charge >= 0.3 is 5.69 Å².